The van der Waals surface area contributed by atoms with Gasteiger partial charge in [-0.2, -0.15) is 5.26 Å². The molecule has 0 saturated carbocycles. The van der Waals surface area contributed by atoms with Gasteiger partial charge in [-0.05, 0) is 46.6 Å². The minimum atomic E-state index is -0.443. The number of hydrogen-bond acceptors (Lipinski definition) is 6. The van der Waals surface area contributed by atoms with E-state index in [9.17, 15) is 15.4 Å². The van der Waals surface area contributed by atoms with Crippen molar-refractivity contribution in [2.45, 2.75) is 13.0 Å². The molecule has 0 unspecified atom stereocenters. The Morgan fingerprint density at radius 2 is 2.33 bits per heavy atom. The van der Waals surface area contributed by atoms with Gasteiger partial charge in [0.25, 0.3) is 5.69 Å². The number of nitrogens with zero attached hydrogens (tertiary/aromatic N) is 4. The van der Waals surface area contributed by atoms with Crippen LogP contribution in [-0.2, 0) is 13.0 Å². The zero-order chi connectivity index (χ0) is 17.3. The minimum absolute atomic E-state index is 0.00782. The van der Waals surface area contributed by atoms with Crippen LogP contribution < -0.4 is 0 Å². The number of benzene rings is 1. The first-order valence-corrected chi connectivity index (χ1v) is 8.81. The lowest BCUT2D eigenvalue weighted by atomic mass is 10.0. The number of nitriles is 1. The maximum Gasteiger partial charge on any atom is 0.284 e. The first-order valence-electron chi connectivity index (χ1n) is 7.20. The van der Waals surface area contributed by atoms with E-state index >= 15 is 0 Å². The van der Waals surface area contributed by atoms with Gasteiger partial charge in [0, 0.05) is 30.2 Å². The summed E-state index contributed by atoms with van der Waals surface area (Å²) in [5, 5.41) is 21.1. The fraction of sp³-hybridized carbons (Fsp3) is 0.250. The number of hydrogen-bond donors (Lipinski definition) is 0. The highest BCUT2D eigenvalue weighted by Gasteiger charge is 2.22. The van der Waals surface area contributed by atoms with Crippen LogP contribution in [0.2, 0.25) is 0 Å². The average Bonchev–Trinajstić information content (AvgIpc) is 2.90. The number of halogens is 1. The van der Waals surface area contributed by atoms with Crippen LogP contribution in [0.25, 0.3) is 0 Å². The van der Waals surface area contributed by atoms with Crippen LogP contribution in [0.3, 0.4) is 0 Å². The molecule has 0 bridgehead atoms. The number of likely N-dealkylation sites (N-methyl/N-ethyl adjacent to an activating group) is 1. The molecule has 0 fully saturated rings. The van der Waals surface area contributed by atoms with E-state index in [4.69, 9.17) is 0 Å². The molecule has 8 heteroatoms. The van der Waals surface area contributed by atoms with E-state index in [-0.39, 0.29) is 5.69 Å². The lowest BCUT2D eigenvalue weighted by molar-refractivity contribution is -0.385. The Kier molecular flexibility index (Phi) is 4.76. The Labute approximate surface area is 151 Å². The fourth-order valence-corrected chi connectivity index (χ4v) is 4.22. The van der Waals surface area contributed by atoms with Crippen LogP contribution in [0.15, 0.2) is 27.7 Å². The zero-order valence-corrected chi connectivity index (χ0v) is 15.2. The molecule has 24 heavy (non-hydrogen) atoms. The average molecular weight is 405 g/mol. The van der Waals surface area contributed by atoms with Gasteiger partial charge in [0.05, 0.1) is 15.0 Å². The van der Waals surface area contributed by atoms with Crippen molar-refractivity contribution in [3.8, 4) is 6.07 Å². The van der Waals surface area contributed by atoms with E-state index in [0.717, 1.165) is 25.1 Å². The standard InChI is InChI=1S/C16H13BrN4O2S/c1-20-5-4-11-12(7-18)16(24-15(11)9-20)19-8-10-2-3-13(17)14(6-10)21(22)23/h2-3,6,8H,4-5,9H2,1H3. The van der Waals surface area contributed by atoms with Gasteiger partial charge in [-0.25, -0.2) is 4.99 Å². The zero-order valence-electron chi connectivity index (χ0n) is 12.8. The van der Waals surface area contributed by atoms with Gasteiger partial charge in [0.2, 0.25) is 0 Å². The normalized spacial score (nSPS) is 14.5. The van der Waals surface area contributed by atoms with Crippen molar-refractivity contribution < 1.29 is 4.92 Å². The van der Waals surface area contributed by atoms with E-state index in [1.807, 2.05) is 0 Å². The Bertz CT molecular complexity index is 885. The van der Waals surface area contributed by atoms with Gasteiger partial charge >= 0.3 is 0 Å². The molecule has 1 aliphatic rings. The van der Waals surface area contributed by atoms with E-state index in [1.54, 1.807) is 18.3 Å². The molecule has 1 aromatic heterocycles. The Morgan fingerprint density at radius 1 is 1.54 bits per heavy atom. The lowest BCUT2D eigenvalue weighted by Crippen LogP contribution is -2.25. The predicted octanol–water partition coefficient (Wildman–Crippen LogP) is 4.03. The molecule has 6 nitrogen and oxygen atoms in total. The molecule has 3 rings (SSSR count). The van der Waals surface area contributed by atoms with Gasteiger partial charge in [0.1, 0.15) is 11.1 Å². The second-order valence-corrected chi connectivity index (χ2v) is 7.45. The van der Waals surface area contributed by atoms with Crippen molar-refractivity contribution in [1.29, 1.82) is 5.26 Å². The van der Waals surface area contributed by atoms with Gasteiger partial charge < -0.3 is 4.90 Å². The van der Waals surface area contributed by atoms with Gasteiger partial charge in [-0.1, -0.05) is 6.07 Å². The second kappa shape index (κ2) is 6.81. The molecule has 1 aromatic carbocycles. The number of thiophene rings is 1. The molecule has 1 aliphatic heterocycles. The van der Waals surface area contributed by atoms with Crippen molar-refractivity contribution in [2.75, 3.05) is 13.6 Å². The quantitative estimate of drug-likeness (QED) is 0.439. The topological polar surface area (TPSA) is 82.5 Å². The van der Waals surface area contributed by atoms with Crippen LogP contribution in [0.1, 0.15) is 21.6 Å². The number of aliphatic imine (C=N–C) groups is 1. The van der Waals surface area contributed by atoms with Crippen LogP contribution in [0.5, 0.6) is 0 Å². The number of nitro benzene ring substituents is 1. The molecule has 0 amide bonds. The van der Waals surface area contributed by atoms with Crippen molar-refractivity contribution in [1.82, 2.24) is 4.90 Å². The van der Waals surface area contributed by atoms with Gasteiger partial charge in [-0.15, -0.1) is 11.3 Å². The molecule has 122 valence electrons. The molecular weight excluding hydrogens is 392 g/mol. The summed E-state index contributed by atoms with van der Waals surface area (Å²) in [4.78, 5) is 18.4. The highest BCUT2D eigenvalue weighted by Crippen LogP contribution is 2.38. The van der Waals surface area contributed by atoms with Crippen molar-refractivity contribution in [3.63, 3.8) is 0 Å². The highest BCUT2D eigenvalue weighted by molar-refractivity contribution is 9.10. The monoisotopic (exact) mass is 404 g/mol. The van der Waals surface area contributed by atoms with Gasteiger partial charge in [-0.3, -0.25) is 10.1 Å². The number of fused-ring (bicyclic) bond motifs is 1. The summed E-state index contributed by atoms with van der Waals surface area (Å²) in [6.45, 7) is 1.76. The summed E-state index contributed by atoms with van der Waals surface area (Å²) in [6, 6.07) is 7.08. The molecule has 0 N–H and O–H groups in total. The maximum absolute atomic E-state index is 11.0. The molecule has 0 atom stereocenters. The van der Waals surface area contributed by atoms with Crippen molar-refractivity contribution in [2.24, 2.45) is 4.99 Å². The third kappa shape index (κ3) is 3.24. The first kappa shape index (κ1) is 16.8. The fourth-order valence-electron chi connectivity index (χ4n) is 2.61. The smallest absolute Gasteiger partial charge is 0.284 e. The van der Waals surface area contributed by atoms with Crippen LogP contribution in [-0.4, -0.2) is 29.6 Å². The molecule has 0 radical (unpaired) electrons. The Hall–Kier alpha value is -2.08. The molecule has 0 spiro atoms. The lowest BCUT2D eigenvalue weighted by Gasteiger charge is -2.21. The first-order chi connectivity index (χ1) is 11.5. The third-order valence-electron chi connectivity index (χ3n) is 3.84. The van der Waals surface area contributed by atoms with Gasteiger partial charge in [0.15, 0.2) is 0 Å². The molecule has 2 heterocycles. The molecule has 0 aliphatic carbocycles. The van der Waals surface area contributed by atoms with E-state index < -0.39 is 4.92 Å². The van der Waals surface area contributed by atoms with Crippen molar-refractivity contribution >= 4 is 44.2 Å². The maximum atomic E-state index is 11.0. The van der Waals surface area contributed by atoms with Crippen LogP contribution in [0.4, 0.5) is 10.7 Å². The Balaban J connectivity index is 1.94. The SMILES string of the molecule is CN1CCc2c(sc(N=Cc3ccc(Br)c([N+](=O)[O-])c3)c2C#N)C1. The number of rotatable bonds is 3. The third-order valence-corrected chi connectivity index (χ3v) is 5.63. The van der Waals surface area contributed by atoms with Crippen molar-refractivity contribution in [3.05, 3.63) is 54.4 Å². The van der Waals surface area contributed by atoms with E-state index in [1.165, 1.54) is 22.3 Å². The highest BCUT2D eigenvalue weighted by atomic mass is 79.9. The molecule has 2 aromatic rings. The minimum Gasteiger partial charge on any atom is -0.301 e. The summed E-state index contributed by atoms with van der Waals surface area (Å²) in [5.41, 5.74) is 2.34. The second-order valence-electron chi connectivity index (χ2n) is 5.51. The van der Waals surface area contributed by atoms with Crippen LogP contribution >= 0.6 is 27.3 Å². The largest absolute Gasteiger partial charge is 0.301 e. The predicted molar refractivity (Wildman–Crippen MR) is 97.1 cm³/mol. The summed E-state index contributed by atoms with van der Waals surface area (Å²) >= 11 is 4.68. The number of nitro groups is 1. The van der Waals surface area contributed by atoms with E-state index in [0.29, 0.717) is 20.6 Å². The Morgan fingerprint density at radius 3 is 3.04 bits per heavy atom. The summed E-state index contributed by atoms with van der Waals surface area (Å²) < 4.78 is 0.428. The summed E-state index contributed by atoms with van der Waals surface area (Å²) in [7, 11) is 2.05. The molecular formula is C16H13BrN4O2S. The van der Waals surface area contributed by atoms with E-state index in [2.05, 4.69) is 38.9 Å². The summed E-state index contributed by atoms with van der Waals surface area (Å²) in [6.07, 6.45) is 2.42. The van der Waals surface area contributed by atoms with Crippen LogP contribution in [0, 0.1) is 21.4 Å². The molecule has 0 saturated heterocycles. The summed E-state index contributed by atoms with van der Waals surface area (Å²) in [5.74, 6) is 0.